The van der Waals surface area contributed by atoms with Gasteiger partial charge in [-0.15, -0.1) is 22.7 Å². The normalized spacial score (nSPS) is 13.0. The Morgan fingerprint density at radius 1 is 0.923 bits per heavy atom. The molecule has 0 atom stereocenters. The first-order chi connectivity index (χ1) is 12.3. The van der Waals surface area contributed by atoms with Crippen molar-refractivity contribution in [2.45, 2.75) is 51.9 Å². The topological polar surface area (TPSA) is 38.7 Å². The second-order valence-electron chi connectivity index (χ2n) is 8.51. The number of pyridine rings is 2. The molecule has 26 heavy (non-hydrogen) atoms. The second-order valence-corrected chi connectivity index (χ2v) is 10.3. The van der Waals surface area contributed by atoms with Gasteiger partial charge in [0.1, 0.15) is 5.52 Å². The number of rotatable bonds is 3. The van der Waals surface area contributed by atoms with Crippen LogP contribution in [0.4, 0.5) is 0 Å². The molecule has 3 nitrogen and oxygen atoms in total. The molecule has 0 saturated heterocycles. The van der Waals surface area contributed by atoms with Crippen molar-refractivity contribution in [3.8, 4) is 0 Å². The Labute approximate surface area is 162 Å². The van der Waals surface area contributed by atoms with E-state index in [0.717, 1.165) is 23.1 Å². The van der Waals surface area contributed by atoms with Crippen LogP contribution < -0.4 is 0 Å². The molecule has 4 aromatic heterocycles. The van der Waals surface area contributed by atoms with E-state index in [4.69, 9.17) is 4.98 Å². The molecule has 0 amide bonds. The molecule has 0 aliphatic heterocycles. The number of hydrogen-bond donors (Lipinski definition) is 0. The van der Waals surface area contributed by atoms with E-state index in [1.54, 1.807) is 22.7 Å². The maximum Gasteiger partial charge on any atom is 0.103 e. The standard InChI is InChI=1S/C21H23N3S2/c1-20(2,3)14-11-25-16-8-13(10-23-17(14)16)9-21(4,5)19-18-15(6-7-22-19)26-12-24-18/h6-8,10-12H,9H2,1-5H3. The summed E-state index contributed by atoms with van der Waals surface area (Å²) in [6, 6.07) is 4.34. The Morgan fingerprint density at radius 3 is 2.50 bits per heavy atom. The monoisotopic (exact) mass is 381 g/mol. The van der Waals surface area contributed by atoms with Gasteiger partial charge in [-0.25, -0.2) is 4.98 Å². The fourth-order valence-corrected chi connectivity index (χ4v) is 5.34. The minimum absolute atomic E-state index is 0.104. The molecule has 134 valence electrons. The molecule has 0 bridgehead atoms. The Morgan fingerprint density at radius 2 is 1.73 bits per heavy atom. The molecular weight excluding hydrogens is 358 g/mol. The Balaban J connectivity index is 1.71. The van der Waals surface area contributed by atoms with Crippen LogP contribution in [-0.2, 0) is 17.3 Å². The van der Waals surface area contributed by atoms with Crippen molar-refractivity contribution in [2.75, 3.05) is 0 Å². The number of nitrogens with zero attached hydrogens (tertiary/aromatic N) is 3. The molecule has 5 heteroatoms. The highest BCUT2D eigenvalue weighted by molar-refractivity contribution is 7.17. The summed E-state index contributed by atoms with van der Waals surface area (Å²) in [4.78, 5) is 14.0. The zero-order valence-electron chi connectivity index (χ0n) is 15.8. The van der Waals surface area contributed by atoms with Crippen molar-refractivity contribution in [3.05, 3.63) is 52.2 Å². The molecule has 4 heterocycles. The third-order valence-corrected chi connectivity index (χ3v) is 6.52. The highest BCUT2D eigenvalue weighted by atomic mass is 32.1. The SMILES string of the molecule is CC(C)(C)c1csc2cc(CC(C)(C)c3nccc4scnc34)cnc12. The van der Waals surface area contributed by atoms with E-state index in [-0.39, 0.29) is 10.8 Å². The molecule has 0 saturated carbocycles. The summed E-state index contributed by atoms with van der Waals surface area (Å²) < 4.78 is 2.47. The van der Waals surface area contributed by atoms with E-state index in [2.05, 4.69) is 56.0 Å². The van der Waals surface area contributed by atoms with E-state index in [9.17, 15) is 0 Å². The van der Waals surface area contributed by atoms with Gasteiger partial charge in [-0.1, -0.05) is 34.6 Å². The predicted octanol–water partition coefficient (Wildman–Crippen LogP) is 6.12. The number of thiophene rings is 1. The van der Waals surface area contributed by atoms with Gasteiger partial charge >= 0.3 is 0 Å². The van der Waals surface area contributed by atoms with Crippen LogP contribution in [0.15, 0.2) is 35.4 Å². The van der Waals surface area contributed by atoms with Crippen LogP contribution in [0.1, 0.15) is 51.4 Å². The Bertz CT molecular complexity index is 1080. The van der Waals surface area contributed by atoms with Gasteiger partial charge in [-0.05, 0) is 40.5 Å². The largest absolute Gasteiger partial charge is 0.258 e. The van der Waals surface area contributed by atoms with Gasteiger partial charge in [-0.2, -0.15) is 0 Å². The summed E-state index contributed by atoms with van der Waals surface area (Å²) >= 11 is 3.46. The molecule has 0 aliphatic carbocycles. The molecule has 0 aliphatic rings. The van der Waals surface area contributed by atoms with E-state index in [1.807, 2.05) is 24.0 Å². The number of aromatic nitrogens is 3. The van der Waals surface area contributed by atoms with Crippen molar-refractivity contribution >= 4 is 43.1 Å². The lowest BCUT2D eigenvalue weighted by atomic mass is 9.82. The molecule has 0 aromatic carbocycles. The summed E-state index contributed by atoms with van der Waals surface area (Å²) in [5, 5.41) is 2.25. The lowest BCUT2D eigenvalue weighted by molar-refractivity contribution is 0.509. The minimum atomic E-state index is -0.104. The van der Waals surface area contributed by atoms with Crippen LogP contribution in [0, 0.1) is 0 Å². The van der Waals surface area contributed by atoms with Crippen molar-refractivity contribution < 1.29 is 0 Å². The number of fused-ring (bicyclic) bond motifs is 2. The van der Waals surface area contributed by atoms with Crippen molar-refractivity contribution in [1.29, 1.82) is 0 Å². The predicted molar refractivity (Wildman–Crippen MR) is 112 cm³/mol. The molecule has 0 fully saturated rings. The van der Waals surface area contributed by atoms with E-state index >= 15 is 0 Å². The summed E-state index contributed by atoms with van der Waals surface area (Å²) in [5.41, 5.74) is 7.74. The van der Waals surface area contributed by atoms with Crippen LogP contribution in [0.25, 0.3) is 20.4 Å². The van der Waals surface area contributed by atoms with Crippen LogP contribution in [0.3, 0.4) is 0 Å². The summed E-state index contributed by atoms with van der Waals surface area (Å²) in [6.07, 6.45) is 4.82. The maximum atomic E-state index is 4.81. The first kappa shape index (κ1) is 17.6. The molecular formula is C21H23N3S2. The minimum Gasteiger partial charge on any atom is -0.258 e. The van der Waals surface area contributed by atoms with E-state index in [1.165, 1.54) is 20.5 Å². The van der Waals surface area contributed by atoms with Gasteiger partial charge in [0.15, 0.2) is 0 Å². The van der Waals surface area contributed by atoms with Gasteiger partial charge in [0.05, 0.1) is 26.1 Å². The average Bonchev–Trinajstić information content (AvgIpc) is 3.19. The number of thiazole rings is 1. The first-order valence-corrected chi connectivity index (χ1v) is 10.6. The molecule has 0 N–H and O–H groups in total. The fraction of sp³-hybridized carbons (Fsp3) is 0.381. The van der Waals surface area contributed by atoms with Gasteiger partial charge < -0.3 is 0 Å². The number of hydrogen-bond acceptors (Lipinski definition) is 5. The van der Waals surface area contributed by atoms with Gasteiger partial charge in [0.2, 0.25) is 0 Å². The summed E-state index contributed by atoms with van der Waals surface area (Å²) in [7, 11) is 0. The molecule has 0 radical (unpaired) electrons. The smallest absolute Gasteiger partial charge is 0.103 e. The molecule has 0 spiro atoms. The van der Waals surface area contributed by atoms with Crippen LogP contribution in [0.5, 0.6) is 0 Å². The quantitative estimate of drug-likeness (QED) is 0.429. The fourth-order valence-electron chi connectivity index (χ4n) is 3.47. The molecule has 4 rings (SSSR count). The van der Waals surface area contributed by atoms with Crippen LogP contribution >= 0.6 is 22.7 Å². The third kappa shape index (κ3) is 3.03. The summed E-state index contributed by atoms with van der Waals surface area (Å²) in [6.45, 7) is 11.2. The third-order valence-electron chi connectivity index (χ3n) is 4.81. The highest BCUT2D eigenvalue weighted by Gasteiger charge is 2.27. The first-order valence-electron chi connectivity index (χ1n) is 8.81. The zero-order chi connectivity index (χ0) is 18.5. The second kappa shape index (κ2) is 6.10. The van der Waals surface area contributed by atoms with Crippen LogP contribution in [-0.4, -0.2) is 15.0 Å². The average molecular weight is 382 g/mol. The lowest BCUT2D eigenvalue weighted by Crippen LogP contribution is -2.22. The zero-order valence-corrected chi connectivity index (χ0v) is 17.5. The summed E-state index contributed by atoms with van der Waals surface area (Å²) in [5.74, 6) is 0. The van der Waals surface area contributed by atoms with E-state index in [0.29, 0.717) is 0 Å². The lowest BCUT2D eigenvalue weighted by Gasteiger charge is -2.24. The van der Waals surface area contributed by atoms with Crippen molar-refractivity contribution in [3.63, 3.8) is 0 Å². The van der Waals surface area contributed by atoms with Gasteiger partial charge in [-0.3, -0.25) is 9.97 Å². The Kier molecular flexibility index (Phi) is 4.12. The van der Waals surface area contributed by atoms with Gasteiger partial charge in [0.25, 0.3) is 0 Å². The van der Waals surface area contributed by atoms with Gasteiger partial charge in [0, 0.05) is 17.8 Å². The van der Waals surface area contributed by atoms with Crippen LogP contribution in [0.2, 0.25) is 0 Å². The van der Waals surface area contributed by atoms with Crippen molar-refractivity contribution in [1.82, 2.24) is 15.0 Å². The Hall–Kier alpha value is -1.85. The highest BCUT2D eigenvalue weighted by Crippen LogP contribution is 2.36. The molecule has 0 unspecified atom stereocenters. The maximum absolute atomic E-state index is 4.81. The van der Waals surface area contributed by atoms with Crippen molar-refractivity contribution in [2.24, 2.45) is 0 Å². The molecule has 4 aromatic rings. The van der Waals surface area contributed by atoms with E-state index < -0.39 is 0 Å².